The molecule has 0 heterocycles. The molecule has 0 bridgehead atoms. The van der Waals surface area contributed by atoms with Crippen molar-refractivity contribution >= 4 is 27.5 Å². The van der Waals surface area contributed by atoms with Crippen LogP contribution >= 0.6 is 15.9 Å². The molecule has 0 aliphatic rings. The number of ether oxygens (including phenoxy) is 1. The second-order valence-electron chi connectivity index (χ2n) is 3.81. The molecule has 2 rings (SSSR count). The first-order chi connectivity index (χ1) is 9.10. The van der Waals surface area contributed by atoms with Crippen LogP contribution in [0.3, 0.4) is 0 Å². The summed E-state index contributed by atoms with van der Waals surface area (Å²) in [5.41, 5.74) is 0.576. The zero-order valence-corrected chi connectivity index (χ0v) is 11.7. The van der Waals surface area contributed by atoms with Gasteiger partial charge in [-0.3, -0.25) is 4.79 Å². The second-order valence-corrected chi connectivity index (χ2v) is 4.72. The van der Waals surface area contributed by atoms with Crippen LogP contribution in [0, 0.1) is 5.82 Å². The van der Waals surface area contributed by atoms with Gasteiger partial charge in [-0.25, -0.2) is 4.39 Å². The number of benzene rings is 2. The second kappa shape index (κ2) is 5.84. The zero-order valence-electron chi connectivity index (χ0n) is 10.1. The van der Waals surface area contributed by atoms with E-state index in [9.17, 15) is 9.18 Å². The Kier molecular flexibility index (Phi) is 4.16. The highest BCUT2D eigenvalue weighted by molar-refractivity contribution is 9.10. The minimum Gasteiger partial charge on any atom is -0.497 e. The third kappa shape index (κ3) is 3.32. The maximum atomic E-state index is 13.6. The lowest BCUT2D eigenvalue weighted by Crippen LogP contribution is -2.12. The SMILES string of the molecule is COc1ccc(C(=O)Nc2ccc(Br)cc2F)cc1. The van der Waals surface area contributed by atoms with Gasteiger partial charge in [0.05, 0.1) is 12.8 Å². The zero-order chi connectivity index (χ0) is 13.8. The van der Waals surface area contributed by atoms with Crippen LogP contribution in [0.5, 0.6) is 5.75 Å². The molecule has 19 heavy (non-hydrogen) atoms. The molecule has 2 aromatic carbocycles. The number of methoxy groups -OCH3 is 1. The molecule has 0 unspecified atom stereocenters. The molecule has 3 nitrogen and oxygen atoms in total. The van der Waals surface area contributed by atoms with Crippen molar-refractivity contribution in [2.75, 3.05) is 12.4 Å². The first-order valence-corrected chi connectivity index (χ1v) is 6.30. The molecular weight excluding hydrogens is 313 g/mol. The van der Waals surface area contributed by atoms with E-state index in [0.717, 1.165) is 0 Å². The molecule has 0 saturated carbocycles. The maximum absolute atomic E-state index is 13.6. The molecule has 98 valence electrons. The number of halogens is 2. The molecule has 0 saturated heterocycles. The van der Waals surface area contributed by atoms with Crippen molar-refractivity contribution in [2.24, 2.45) is 0 Å². The predicted molar refractivity (Wildman–Crippen MR) is 75.0 cm³/mol. The van der Waals surface area contributed by atoms with E-state index in [-0.39, 0.29) is 11.6 Å². The Morgan fingerprint density at radius 1 is 1.21 bits per heavy atom. The Hall–Kier alpha value is -1.88. The number of hydrogen-bond acceptors (Lipinski definition) is 2. The summed E-state index contributed by atoms with van der Waals surface area (Å²) in [7, 11) is 1.55. The molecule has 0 aromatic heterocycles. The number of hydrogen-bond donors (Lipinski definition) is 1. The molecule has 2 aromatic rings. The van der Waals surface area contributed by atoms with E-state index in [2.05, 4.69) is 21.2 Å². The summed E-state index contributed by atoms with van der Waals surface area (Å²) >= 11 is 3.16. The number of carbonyl (C=O) groups excluding carboxylic acids is 1. The first kappa shape index (κ1) is 13.5. The fraction of sp³-hybridized carbons (Fsp3) is 0.0714. The van der Waals surface area contributed by atoms with Crippen LogP contribution in [-0.2, 0) is 0 Å². The van der Waals surface area contributed by atoms with Crippen molar-refractivity contribution < 1.29 is 13.9 Å². The standard InChI is InChI=1S/C14H11BrFNO2/c1-19-11-5-2-9(3-6-11)14(18)17-13-7-4-10(15)8-12(13)16/h2-8H,1H3,(H,17,18). The van der Waals surface area contributed by atoms with Crippen LogP contribution in [0.1, 0.15) is 10.4 Å². The van der Waals surface area contributed by atoms with Gasteiger partial charge >= 0.3 is 0 Å². The Balaban J connectivity index is 2.15. The smallest absolute Gasteiger partial charge is 0.255 e. The van der Waals surface area contributed by atoms with Gasteiger partial charge in [0.25, 0.3) is 5.91 Å². The lowest BCUT2D eigenvalue weighted by molar-refractivity contribution is 0.102. The Morgan fingerprint density at radius 2 is 1.89 bits per heavy atom. The normalized spacial score (nSPS) is 10.1. The summed E-state index contributed by atoms with van der Waals surface area (Å²) in [6.07, 6.45) is 0. The summed E-state index contributed by atoms with van der Waals surface area (Å²) in [6, 6.07) is 11.0. The van der Waals surface area contributed by atoms with Crippen molar-refractivity contribution in [3.05, 3.63) is 58.3 Å². The fourth-order valence-corrected chi connectivity index (χ4v) is 1.86. The number of anilines is 1. The summed E-state index contributed by atoms with van der Waals surface area (Å²) in [5.74, 6) is -0.202. The summed E-state index contributed by atoms with van der Waals surface area (Å²) in [5, 5.41) is 2.52. The van der Waals surface area contributed by atoms with Gasteiger partial charge in [-0.2, -0.15) is 0 Å². The van der Waals surface area contributed by atoms with Crippen molar-refractivity contribution in [1.82, 2.24) is 0 Å². The largest absolute Gasteiger partial charge is 0.497 e. The number of carbonyl (C=O) groups is 1. The molecule has 0 fully saturated rings. The topological polar surface area (TPSA) is 38.3 Å². The highest BCUT2D eigenvalue weighted by atomic mass is 79.9. The van der Waals surface area contributed by atoms with Crippen LogP contribution < -0.4 is 10.1 Å². The van der Waals surface area contributed by atoms with E-state index in [1.54, 1.807) is 37.4 Å². The number of amides is 1. The number of rotatable bonds is 3. The van der Waals surface area contributed by atoms with Crippen LogP contribution in [-0.4, -0.2) is 13.0 Å². The van der Waals surface area contributed by atoms with E-state index in [0.29, 0.717) is 15.8 Å². The van der Waals surface area contributed by atoms with Crippen LogP contribution in [0.2, 0.25) is 0 Å². The predicted octanol–water partition coefficient (Wildman–Crippen LogP) is 3.85. The Bertz CT molecular complexity index is 599. The third-order valence-corrected chi connectivity index (χ3v) is 3.02. The van der Waals surface area contributed by atoms with Gasteiger partial charge in [-0.1, -0.05) is 15.9 Å². The quantitative estimate of drug-likeness (QED) is 0.931. The van der Waals surface area contributed by atoms with E-state index in [4.69, 9.17) is 4.74 Å². The maximum Gasteiger partial charge on any atom is 0.255 e. The highest BCUT2D eigenvalue weighted by Gasteiger charge is 2.09. The lowest BCUT2D eigenvalue weighted by Gasteiger charge is -2.07. The summed E-state index contributed by atoms with van der Waals surface area (Å²) < 4.78 is 19.2. The van der Waals surface area contributed by atoms with Crippen molar-refractivity contribution in [3.63, 3.8) is 0 Å². The summed E-state index contributed by atoms with van der Waals surface area (Å²) in [4.78, 5) is 11.9. The van der Waals surface area contributed by atoms with Gasteiger partial charge in [0, 0.05) is 10.0 Å². The first-order valence-electron chi connectivity index (χ1n) is 5.50. The van der Waals surface area contributed by atoms with Gasteiger partial charge < -0.3 is 10.1 Å². The average Bonchev–Trinajstić information content (AvgIpc) is 2.42. The van der Waals surface area contributed by atoms with E-state index in [1.165, 1.54) is 12.1 Å². The Labute approximate surface area is 118 Å². The van der Waals surface area contributed by atoms with Gasteiger partial charge in [-0.05, 0) is 42.5 Å². The van der Waals surface area contributed by atoms with Crippen molar-refractivity contribution in [3.8, 4) is 5.75 Å². The van der Waals surface area contributed by atoms with E-state index in [1.807, 2.05) is 0 Å². The molecule has 0 aliphatic heterocycles. The van der Waals surface area contributed by atoms with Gasteiger partial charge in [0.2, 0.25) is 0 Å². The monoisotopic (exact) mass is 323 g/mol. The minimum atomic E-state index is -0.490. The van der Waals surface area contributed by atoms with E-state index >= 15 is 0 Å². The van der Waals surface area contributed by atoms with Gasteiger partial charge in [0.1, 0.15) is 11.6 Å². The van der Waals surface area contributed by atoms with E-state index < -0.39 is 5.82 Å². The van der Waals surface area contributed by atoms with Gasteiger partial charge in [-0.15, -0.1) is 0 Å². The molecule has 1 N–H and O–H groups in total. The van der Waals surface area contributed by atoms with Crippen LogP contribution in [0.25, 0.3) is 0 Å². The van der Waals surface area contributed by atoms with Gasteiger partial charge in [0.15, 0.2) is 0 Å². The molecule has 0 spiro atoms. The molecule has 0 atom stereocenters. The third-order valence-electron chi connectivity index (χ3n) is 2.53. The fourth-order valence-electron chi connectivity index (χ4n) is 1.53. The molecule has 0 aliphatic carbocycles. The lowest BCUT2D eigenvalue weighted by atomic mass is 10.2. The van der Waals surface area contributed by atoms with Crippen LogP contribution in [0.15, 0.2) is 46.9 Å². The summed E-state index contributed by atoms with van der Waals surface area (Å²) in [6.45, 7) is 0. The number of nitrogens with one attached hydrogen (secondary N) is 1. The van der Waals surface area contributed by atoms with Crippen molar-refractivity contribution in [1.29, 1.82) is 0 Å². The molecular formula is C14H11BrFNO2. The minimum absolute atomic E-state index is 0.143. The molecule has 0 radical (unpaired) electrons. The highest BCUT2D eigenvalue weighted by Crippen LogP contribution is 2.20. The Morgan fingerprint density at radius 3 is 2.47 bits per heavy atom. The van der Waals surface area contributed by atoms with Crippen LogP contribution in [0.4, 0.5) is 10.1 Å². The average molecular weight is 324 g/mol. The van der Waals surface area contributed by atoms with Crippen molar-refractivity contribution in [2.45, 2.75) is 0 Å². The molecule has 5 heteroatoms. The molecule has 1 amide bonds.